The number of nitrogens with zero attached hydrogens (tertiary/aromatic N) is 6. The van der Waals surface area contributed by atoms with Crippen LogP contribution in [-0.2, 0) is 20.1 Å². The van der Waals surface area contributed by atoms with E-state index in [-0.39, 0.29) is 18.3 Å². The second kappa shape index (κ2) is 5.23. The Balaban J connectivity index is 1.93. The number of aryl methyl sites for hydroxylation is 2. The van der Waals surface area contributed by atoms with E-state index in [0.29, 0.717) is 17.7 Å². The summed E-state index contributed by atoms with van der Waals surface area (Å²) in [5.74, 6) is 1.11. The van der Waals surface area contributed by atoms with E-state index in [1.165, 1.54) is 13.2 Å². The molecule has 10 nitrogen and oxygen atoms in total. The molecule has 0 spiro atoms. The van der Waals surface area contributed by atoms with E-state index in [9.17, 15) is 4.79 Å². The van der Waals surface area contributed by atoms with Crippen molar-refractivity contribution in [1.29, 1.82) is 0 Å². The van der Waals surface area contributed by atoms with Gasteiger partial charge in [0.05, 0.1) is 5.56 Å². The lowest BCUT2D eigenvalue weighted by molar-refractivity contribution is 0.288. The molecule has 0 saturated heterocycles. The molecule has 0 radical (unpaired) electrons. The van der Waals surface area contributed by atoms with Gasteiger partial charge in [0.1, 0.15) is 12.4 Å². The van der Waals surface area contributed by atoms with Crippen molar-refractivity contribution in [2.45, 2.75) is 20.0 Å². The zero-order chi connectivity index (χ0) is 15.7. The van der Waals surface area contributed by atoms with E-state index >= 15 is 0 Å². The number of tetrazole rings is 1. The molecule has 0 fully saturated rings. The second-order valence-corrected chi connectivity index (χ2v) is 4.22. The van der Waals surface area contributed by atoms with E-state index in [1.54, 1.807) is 6.07 Å². The summed E-state index contributed by atoms with van der Waals surface area (Å²) < 4.78 is 20.1. The van der Waals surface area contributed by atoms with Crippen molar-refractivity contribution >= 4 is 0 Å². The number of H-pyrrole nitrogens is 1. The summed E-state index contributed by atoms with van der Waals surface area (Å²) in [4.78, 5) is 11.9. The largest absolute Gasteiger partial charge is 0.471 e. The summed E-state index contributed by atoms with van der Waals surface area (Å²) in [6, 6.07) is 1.56. The average Bonchev–Trinajstić information content (AvgIpc) is 3.18. The SMILES string of the molecule is [3H]n1ccc(OCc2c(-n3nnn(C)c3=O)noc2CC)n1. The van der Waals surface area contributed by atoms with Crippen LogP contribution in [0.1, 0.15) is 18.2 Å². The molecule has 0 saturated carbocycles. The van der Waals surface area contributed by atoms with Crippen LogP contribution >= 0.6 is 0 Å². The zero-order valence-electron chi connectivity index (χ0n) is 12.4. The maximum absolute atomic E-state index is 11.9. The molecule has 0 unspecified atom stereocenters. The van der Waals surface area contributed by atoms with Crippen LogP contribution in [0.25, 0.3) is 5.82 Å². The molecule has 0 bridgehead atoms. The molecular weight excluding hydrogens is 278 g/mol. The standard InChI is InChI=1S/C11H13N7O3/c1-3-8-7(6-20-9-4-5-12-13-9)10(14-21-8)18-11(19)17(2)15-16-18/h4-5H,3,6H2,1-2H3,(H,12,13)/i/hT. The molecule has 3 rings (SSSR count). The van der Waals surface area contributed by atoms with Gasteiger partial charge in [-0.1, -0.05) is 12.1 Å². The van der Waals surface area contributed by atoms with Gasteiger partial charge >= 0.3 is 5.69 Å². The maximum atomic E-state index is 11.9. The van der Waals surface area contributed by atoms with Crippen molar-refractivity contribution in [3.8, 4) is 11.7 Å². The summed E-state index contributed by atoms with van der Waals surface area (Å²) in [7, 11) is 1.49. The summed E-state index contributed by atoms with van der Waals surface area (Å²) in [5, 5.41) is 16.0. The number of nitrogens with one attached hydrogen (secondary N) is 1. The van der Waals surface area contributed by atoms with Crippen molar-refractivity contribution in [2.75, 3.05) is 0 Å². The minimum absolute atomic E-state index is 0.0854. The van der Waals surface area contributed by atoms with E-state index in [2.05, 4.69) is 20.7 Å². The van der Waals surface area contributed by atoms with Crippen molar-refractivity contribution in [1.82, 2.24) is 35.1 Å². The lowest BCUT2D eigenvalue weighted by atomic mass is 10.2. The molecule has 3 aromatic rings. The van der Waals surface area contributed by atoms with Gasteiger partial charge in [-0.15, -0.1) is 9.78 Å². The Morgan fingerprint density at radius 1 is 1.52 bits per heavy atom. The van der Waals surface area contributed by atoms with Gasteiger partial charge in [-0.25, -0.2) is 4.79 Å². The second-order valence-electron chi connectivity index (χ2n) is 4.22. The van der Waals surface area contributed by atoms with Crippen LogP contribution in [0.2, 0.25) is 1.41 Å². The van der Waals surface area contributed by atoms with Gasteiger partial charge in [-0.05, 0) is 10.4 Å². The molecule has 1 N–H and O–H groups in total. The Kier molecular flexibility index (Phi) is 2.96. The minimum atomic E-state index is -0.437. The summed E-state index contributed by atoms with van der Waals surface area (Å²) >= 11 is 0. The molecule has 110 valence electrons. The van der Waals surface area contributed by atoms with E-state index in [4.69, 9.17) is 10.7 Å². The molecule has 0 aliphatic rings. The van der Waals surface area contributed by atoms with Gasteiger partial charge in [0.15, 0.2) is 1.41 Å². The van der Waals surface area contributed by atoms with Crippen LogP contribution in [0.5, 0.6) is 5.88 Å². The van der Waals surface area contributed by atoms with Crippen molar-refractivity contribution in [2.24, 2.45) is 7.05 Å². The average molecular weight is 293 g/mol. The number of aromatic amines is 1. The maximum Gasteiger partial charge on any atom is 0.369 e. The first-order chi connectivity index (χ1) is 10.6. The Labute approximate surface area is 119 Å². The Bertz CT molecular complexity index is 846. The van der Waals surface area contributed by atoms with E-state index in [1.807, 2.05) is 6.92 Å². The predicted molar refractivity (Wildman–Crippen MR) is 69.0 cm³/mol. The number of rotatable bonds is 5. The smallest absolute Gasteiger partial charge is 0.369 e. The molecule has 10 heteroatoms. The van der Waals surface area contributed by atoms with E-state index in [0.717, 1.165) is 14.5 Å². The Morgan fingerprint density at radius 2 is 2.38 bits per heavy atom. The molecule has 3 aromatic heterocycles. The number of hydrogen-bond acceptors (Lipinski definition) is 7. The van der Waals surface area contributed by atoms with Crippen LogP contribution in [0.15, 0.2) is 21.6 Å². The first-order valence-corrected chi connectivity index (χ1v) is 6.24. The van der Waals surface area contributed by atoms with Crippen molar-refractivity contribution in [3.05, 3.63) is 34.1 Å². The summed E-state index contributed by atoms with van der Waals surface area (Å²) in [6.07, 6.45) is 2.02. The fraction of sp³-hybridized carbons (Fsp3) is 0.364. The fourth-order valence-electron chi connectivity index (χ4n) is 1.81. The zero-order valence-corrected chi connectivity index (χ0v) is 11.4. The monoisotopic (exact) mass is 293 g/mol. The highest BCUT2D eigenvalue weighted by molar-refractivity contribution is 5.34. The minimum Gasteiger partial charge on any atom is -0.471 e. The highest BCUT2D eigenvalue weighted by Gasteiger charge is 2.20. The van der Waals surface area contributed by atoms with Gasteiger partial charge in [0.25, 0.3) is 0 Å². The molecule has 0 aliphatic heterocycles. The predicted octanol–water partition coefficient (Wildman–Crippen LogP) is -0.182. The van der Waals surface area contributed by atoms with Gasteiger partial charge in [0, 0.05) is 25.7 Å². The van der Waals surface area contributed by atoms with Crippen molar-refractivity contribution < 1.29 is 10.7 Å². The van der Waals surface area contributed by atoms with Gasteiger partial charge in [-0.2, -0.15) is 4.68 Å². The lowest BCUT2D eigenvalue weighted by Gasteiger charge is -2.03. The van der Waals surface area contributed by atoms with Crippen LogP contribution in [0, 0.1) is 0 Å². The van der Waals surface area contributed by atoms with Gasteiger partial charge in [-0.3, -0.25) is 5.09 Å². The lowest BCUT2D eigenvalue weighted by Crippen LogP contribution is -2.23. The molecule has 0 aromatic carbocycles. The third-order valence-electron chi connectivity index (χ3n) is 2.90. The van der Waals surface area contributed by atoms with Crippen LogP contribution in [-0.4, -0.2) is 35.1 Å². The van der Waals surface area contributed by atoms with Crippen LogP contribution in [0.3, 0.4) is 0 Å². The fourth-order valence-corrected chi connectivity index (χ4v) is 1.81. The highest BCUT2D eigenvalue weighted by atomic mass is 16.5. The number of hydrogen-bond donors (Lipinski definition) is 1. The number of ether oxygens (including phenoxy) is 1. The van der Waals surface area contributed by atoms with Crippen LogP contribution in [0.4, 0.5) is 0 Å². The number of aromatic nitrogens is 7. The normalized spacial score (nSPS) is 11.6. The first kappa shape index (κ1) is 11.9. The van der Waals surface area contributed by atoms with E-state index < -0.39 is 5.69 Å². The Hall–Kier alpha value is -2.91. The van der Waals surface area contributed by atoms with Crippen LogP contribution < -0.4 is 10.4 Å². The topological polar surface area (TPSA) is 117 Å². The molecule has 21 heavy (non-hydrogen) atoms. The first-order valence-electron chi connectivity index (χ1n) is 6.69. The Morgan fingerprint density at radius 3 is 3.00 bits per heavy atom. The summed E-state index contributed by atoms with van der Waals surface area (Å²) in [5.41, 5.74) is 0.150. The third-order valence-corrected chi connectivity index (χ3v) is 2.90. The van der Waals surface area contributed by atoms with Gasteiger partial charge < -0.3 is 9.26 Å². The highest BCUT2D eigenvalue weighted by Crippen LogP contribution is 2.19. The molecule has 0 atom stereocenters. The summed E-state index contributed by atoms with van der Waals surface area (Å²) in [6.45, 7) is 1.98. The molecular formula is C11H13N7O3. The third kappa shape index (κ3) is 2.30. The molecule has 0 amide bonds. The quantitative estimate of drug-likeness (QED) is 0.693. The van der Waals surface area contributed by atoms with Gasteiger partial charge in [0.2, 0.25) is 11.7 Å². The molecule has 3 heterocycles. The van der Waals surface area contributed by atoms with Crippen molar-refractivity contribution in [3.63, 3.8) is 0 Å². The molecule has 0 aliphatic carbocycles.